The molecule has 0 heterocycles. The van der Waals surface area contributed by atoms with Crippen LogP contribution in [0.4, 0.5) is 5.69 Å². The van der Waals surface area contributed by atoms with Gasteiger partial charge >= 0.3 is 5.91 Å². The number of benzene rings is 1. The molecule has 7 nitrogen and oxygen atoms in total. The Kier molecular flexibility index (Phi) is 3.54. The van der Waals surface area contributed by atoms with Crippen LogP contribution in [0.25, 0.3) is 0 Å². The molecule has 0 aliphatic carbocycles. The number of ether oxygens (including phenoxy) is 1. The van der Waals surface area contributed by atoms with Gasteiger partial charge in [-0.2, -0.15) is 0 Å². The zero-order chi connectivity index (χ0) is 12.1. The number of nitrogens with one attached hydrogen (secondary N) is 3. The Labute approximate surface area is 92.1 Å². The third-order valence-corrected chi connectivity index (χ3v) is 1.66. The number of rotatable bonds is 4. The summed E-state index contributed by atoms with van der Waals surface area (Å²) in [6, 6.07) is 6.28. The van der Waals surface area contributed by atoms with Gasteiger partial charge in [0, 0.05) is 5.69 Å². The second kappa shape index (κ2) is 4.87. The van der Waals surface area contributed by atoms with E-state index in [-0.39, 0.29) is 0 Å². The lowest BCUT2D eigenvalue weighted by atomic mass is 10.3. The molecule has 0 aliphatic heterocycles. The molecule has 0 aromatic heterocycles. The van der Waals surface area contributed by atoms with Crippen LogP contribution in [0.2, 0.25) is 0 Å². The van der Waals surface area contributed by atoms with Gasteiger partial charge < -0.3 is 21.5 Å². The summed E-state index contributed by atoms with van der Waals surface area (Å²) in [5.41, 5.74) is 18.0. The topological polar surface area (TPSA) is 138 Å². The molecule has 0 aliphatic rings. The van der Waals surface area contributed by atoms with Gasteiger partial charge in [0.15, 0.2) is 5.96 Å². The van der Waals surface area contributed by atoms with Gasteiger partial charge in [0.05, 0.1) is 0 Å². The number of anilines is 1. The fraction of sp³-hybridized carbons (Fsp3) is 0.111. The molecule has 1 atom stereocenters. The minimum absolute atomic E-state index is 0.355. The molecular weight excluding hydrogens is 210 g/mol. The maximum absolute atomic E-state index is 10.9. The summed E-state index contributed by atoms with van der Waals surface area (Å²) in [6.07, 6.45) is -1.29. The van der Waals surface area contributed by atoms with Crippen LogP contribution in [0.3, 0.4) is 0 Å². The fourth-order valence-electron chi connectivity index (χ4n) is 0.972. The van der Waals surface area contributed by atoms with E-state index >= 15 is 0 Å². The number of guanidine groups is 1. The van der Waals surface area contributed by atoms with Gasteiger partial charge in [-0.25, -0.2) is 0 Å². The van der Waals surface area contributed by atoms with Crippen molar-refractivity contribution in [1.82, 2.24) is 11.1 Å². The van der Waals surface area contributed by atoms with Crippen molar-refractivity contribution < 1.29 is 9.53 Å². The van der Waals surface area contributed by atoms with Crippen LogP contribution in [0.5, 0.6) is 5.75 Å². The Morgan fingerprint density at radius 1 is 1.38 bits per heavy atom. The smallest absolute Gasteiger partial charge is 0.300 e. The standard InChI is InChI=1S/C9H12N5O2/c10-5-1-3-6(4-2-5)16-8(7(11)15)14-9(12)13/h1-4,8,11H,10H2,(H4,12,13,14). The van der Waals surface area contributed by atoms with Crippen LogP contribution in [-0.2, 0) is 4.79 Å². The highest BCUT2D eigenvalue weighted by molar-refractivity contribution is 5.84. The Balaban J connectivity index is 2.71. The van der Waals surface area contributed by atoms with E-state index in [4.69, 9.17) is 27.3 Å². The average molecular weight is 222 g/mol. The van der Waals surface area contributed by atoms with Gasteiger partial charge in [-0.3, -0.25) is 15.9 Å². The minimum Gasteiger partial charge on any atom is -0.461 e. The van der Waals surface area contributed by atoms with Crippen molar-refractivity contribution >= 4 is 17.6 Å². The molecule has 1 rings (SSSR count). The van der Waals surface area contributed by atoms with Crippen molar-refractivity contribution in [3.05, 3.63) is 24.3 Å². The normalized spacial score (nSPS) is 11.5. The van der Waals surface area contributed by atoms with E-state index in [0.29, 0.717) is 11.4 Å². The summed E-state index contributed by atoms with van der Waals surface area (Å²) in [4.78, 5) is 10.9. The Bertz CT molecular complexity index is 389. The zero-order valence-electron chi connectivity index (χ0n) is 8.36. The van der Waals surface area contributed by atoms with Gasteiger partial charge in [0.2, 0.25) is 0 Å². The maximum Gasteiger partial charge on any atom is 0.300 e. The first kappa shape index (κ1) is 11.6. The van der Waals surface area contributed by atoms with Crippen molar-refractivity contribution in [3.63, 3.8) is 0 Å². The predicted molar refractivity (Wildman–Crippen MR) is 58.4 cm³/mol. The van der Waals surface area contributed by atoms with Crippen LogP contribution < -0.4 is 27.3 Å². The highest BCUT2D eigenvalue weighted by Gasteiger charge is 2.17. The van der Waals surface area contributed by atoms with E-state index in [1.165, 1.54) is 0 Å². The Hall–Kier alpha value is -2.44. The number of hydrogen-bond donors (Lipinski definition) is 4. The quantitative estimate of drug-likeness (QED) is 0.230. The molecule has 0 saturated heterocycles. The highest BCUT2D eigenvalue weighted by atomic mass is 16.5. The van der Waals surface area contributed by atoms with Gasteiger partial charge in [0.1, 0.15) is 5.75 Å². The summed E-state index contributed by atoms with van der Waals surface area (Å²) in [5, 5.41) is 9.16. The van der Waals surface area contributed by atoms with Crippen molar-refractivity contribution in [1.29, 1.82) is 5.41 Å². The molecule has 7 N–H and O–H groups in total. The number of carbonyl (C=O) groups is 1. The van der Waals surface area contributed by atoms with Crippen molar-refractivity contribution in [3.8, 4) is 5.75 Å². The van der Waals surface area contributed by atoms with Crippen molar-refractivity contribution in [2.75, 3.05) is 5.73 Å². The van der Waals surface area contributed by atoms with Crippen molar-refractivity contribution in [2.24, 2.45) is 5.73 Å². The molecule has 0 fully saturated rings. The minimum atomic E-state index is -1.29. The molecule has 16 heavy (non-hydrogen) atoms. The summed E-state index contributed by atoms with van der Waals surface area (Å²) in [6.45, 7) is 0. The molecule has 1 radical (unpaired) electrons. The zero-order valence-corrected chi connectivity index (χ0v) is 8.36. The molecule has 1 amide bonds. The van der Waals surface area contributed by atoms with E-state index in [9.17, 15) is 4.79 Å². The summed E-state index contributed by atoms with van der Waals surface area (Å²) in [7, 11) is 0. The van der Waals surface area contributed by atoms with Crippen LogP contribution in [-0.4, -0.2) is 18.1 Å². The molecule has 1 aromatic carbocycles. The molecule has 7 heteroatoms. The van der Waals surface area contributed by atoms with Gasteiger partial charge in [0.25, 0.3) is 6.23 Å². The van der Waals surface area contributed by atoms with Gasteiger partial charge in [-0.15, -0.1) is 0 Å². The SMILES string of the molecule is [NH]C(=O)C(NC(=N)N)Oc1ccc(N)cc1. The third-order valence-electron chi connectivity index (χ3n) is 1.66. The fourth-order valence-corrected chi connectivity index (χ4v) is 0.972. The first-order chi connectivity index (χ1) is 7.49. The molecule has 85 valence electrons. The van der Waals surface area contributed by atoms with E-state index in [2.05, 4.69) is 5.32 Å². The average Bonchev–Trinajstić information content (AvgIpc) is 2.19. The monoisotopic (exact) mass is 222 g/mol. The second-order valence-corrected chi connectivity index (χ2v) is 2.99. The molecule has 0 spiro atoms. The number of nitrogen functional groups attached to an aromatic ring is 1. The van der Waals surface area contributed by atoms with E-state index < -0.39 is 18.1 Å². The Morgan fingerprint density at radius 3 is 2.38 bits per heavy atom. The lowest BCUT2D eigenvalue weighted by Crippen LogP contribution is -2.48. The van der Waals surface area contributed by atoms with Crippen LogP contribution in [0, 0.1) is 5.41 Å². The highest BCUT2D eigenvalue weighted by Crippen LogP contribution is 2.14. The first-order valence-electron chi connectivity index (χ1n) is 4.37. The number of hydrogen-bond acceptors (Lipinski definition) is 4. The summed E-state index contributed by atoms with van der Waals surface area (Å²) < 4.78 is 5.12. The van der Waals surface area contributed by atoms with E-state index in [1.807, 2.05) is 0 Å². The van der Waals surface area contributed by atoms with Gasteiger partial charge in [-0.1, -0.05) is 0 Å². The van der Waals surface area contributed by atoms with E-state index in [0.717, 1.165) is 0 Å². The molecule has 1 unspecified atom stereocenters. The molecule has 0 saturated carbocycles. The number of carbonyl (C=O) groups excluding carboxylic acids is 1. The van der Waals surface area contributed by atoms with Gasteiger partial charge in [-0.05, 0) is 24.3 Å². The molecule has 0 bridgehead atoms. The van der Waals surface area contributed by atoms with E-state index in [1.54, 1.807) is 24.3 Å². The van der Waals surface area contributed by atoms with Crippen LogP contribution >= 0.6 is 0 Å². The lowest BCUT2D eigenvalue weighted by molar-refractivity contribution is -0.126. The second-order valence-electron chi connectivity index (χ2n) is 2.99. The van der Waals surface area contributed by atoms with Crippen LogP contribution in [0.15, 0.2) is 24.3 Å². The summed E-state index contributed by atoms with van der Waals surface area (Å²) in [5.74, 6) is -1.11. The first-order valence-corrected chi connectivity index (χ1v) is 4.37. The number of nitrogens with two attached hydrogens (primary N) is 2. The predicted octanol–water partition coefficient (Wildman–Crippen LogP) is -0.734. The van der Waals surface area contributed by atoms with Crippen molar-refractivity contribution in [2.45, 2.75) is 6.23 Å². The lowest BCUT2D eigenvalue weighted by Gasteiger charge is -2.16. The molecular formula is C9H12N5O2. The third kappa shape index (κ3) is 3.37. The number of amides is 1. The maximum atomic E-state index is 10.9. The van der Waals surface area contributed by atoms with Crippen LogP contribution in [0.1, 0.15) is 0 Å². The molecule has 1 aromatic rings. The largest absolute Gasteiger partial charge is 0.461 e. The Morgan fingerprint density at radius 2 is 1.94 bits per heavy atom. The summed E-state index contributed by atoms with van der Waals surface area (Å²) >= 11 is 0.